The molecule has 126 valence electrons. The zero-order valence-electron chi connectivity index (χ0n) is 13.3. The van der Waals surface area contributed by atoms with Crippen LogP contribution in [-0.2, 0) is 0 Å². The summed E-state index contributed by atoms with van der Waals surface area (Å²) >= 11 is 4.89. The second-order valence-corrected chi connectivity index (χ2v) is 7.28. The number of ether oxygens (including phenoxy) is 1. The molecule has 24 heavy (non-hydrogen) atoms. The summed E-state index contributed by atoms with van der Waals surface area (Å²) in [5.41, 5.74) is 0.755. The molecule has 2 heterocycles. The first kappa shape index (κ1) is 17.2. The van der Waals surface area contributed by atoms with Crippen molar-refractivity contribution in [3.63, 3.8) is 0 Å². The molecule has 5 nitrogen and oxygen atoms in total. The van der Waals surface area contributed by atoms with Crippen molar-refractivity contribution in [1.29, 1.82) is 0 Å². The molecular weight excluding hydrogens is 390 g/mol. The summed E-state index contributed by atoms with van der Waals surface area (Å²) in [5, 5.41) is 0. The summed E-state index contributed by atoms with van der Waals surface area (Å²) in [5.74, 6) is 0.0602. The molecule has 0 radical (unpaired) electrons. The Balaban J connectivity index is 1.68. The Bertz CT molecular complexity index is 711. The molecule has 0 spiro atoms. The van der Waals surface area contributed by atoms with Crippen LogP contribution < -0.4 is 4.74 Å². The first-order valence-corrected chi connectivity index (χ1v) is 9.75. The predicted molar refractivity (Wildman–Crippen MR) is 97.5 cm³/mol. The average Bonchev–Trinajstić information content (AvgIpc) is 2.63. The van der Waals surface area contributed by atoms with E-state index in [4.69, 9.17) is 4.74 Å². The van der Waals surface area contributed by atoms with E-state index in [1.807, 2.05) is 35.4 Å². The number of thioether (sulfide) groups is 1. The van der Waals surface area contributed by atoms with Crippen LogP contribution in [0, 0.1) is 0 Å². The van der Waals surface area contributed by atoms with E-state index in [0.717, 1.165) is 34.3 Å². The summed E-state index contributed by atoms with van der Waals surface area (Å²) < 4.78 is 6.65. The van der Waals surface area contributed by atoms with Gasteiger partial charge in [0.2, 0.25) is 0 Å². The van der Waals surface area contributed by atoms with Crippen LogP contribution >= 0.6 is 27.7 Å². The van der Waals surface area contributed by atoms with Crippen molar-refractivity contribution in [1.82, 2.24) is 14.9 Å². The topological polar surface area (TPSA) is 55.3 Å². The molecule has 1 aromatic carbocycles. The fraction of sp³-hybridized carbons (Fsp3) is 0.353. The SMILES string of the molecule is CSc1ccccc1C(=O)N1CCCC(Oc2ncc(Br)cn2)C1. The van der Waals surface area contributed by atoms with Crippen LogP contribution in [0.15, 0.2) is 46.0 Å². The summed E-state index contributed by atoms with van der Waals surface area (Å²) in [6, 6.07) is 8.07. The molecule has 2 aromatic rings. The fourth-order valence-electron chi connectivity index (χ4n) is 2.72. The molecule has 0 N–H and O–H groups in total. The van der Waals surface area contributed by atoms with Crippen molar-refractivity contribution >= 4 is 33.6 Å². The minimum atomic E-state index is -0.0784. The van der Waals surface area contributed by atoms with E-state index in [1.54, 1.807) is 24.2 Å². The fourth-order valence-corrected chi connectivity index (χ4v) is 3.52. The van der Waals surface area contributed by atoms with E-state index >= 15 is 0 Å². The average molecular weight is 408 g/mol. The number of likely N-dealkylation sites (tertiary alicyclic amines) is 1. The number of benzene rings is 1. The number of nitrogens with zero attached hydrogens (tertiary/aromatic N) is 3. The van der Waals surface area contributed by atoms with Crippen LogP contribution in [-0.4, -0.2) is 46.2 Å². The maximum Gasteiger partial charge on any atom is 0.316 e. The first-order valence-electron chi connectivity index (χ1n) is 7.74. The number of rotatable bonds is 4. The molecule has 0 saturated carbocycles. The van der Waals surface area contributed by atoms with Gasteiger partial charge in [0.1, 0.15) is 6.10 Å². The monoisotopic (exact) mass is 407 g/mol. The molecule has 1 aliphatic rings. The number of hydrogen-bond acceptors (Lipinski definition) is 5. The van der Waals surface area contributed by atoms with E-state index in [9.17, 15) is 4.79 Å². The van der Waals surface area contributed by atoms with E-state index < -0.39 is 0 Å². The van der Waals surface area contributed by atoms with Crippen molar-refractivity contribution in [2.24, 2.45) is 0 Å². The molecular formula is C17H18BrN3O2S. The lowest BCUT2D eigenvalue weighted by molar-refractivity contribution is 0.0512. The summed E-state index contributed by atoms with van der Waals surface area (Å²) in [4.78, 5) is 24.0. The zero-order valence-corrected chi connectivity index (χ0v) is 15.7. The highest BCUT2D eigenvalue weighted by Gasteiger charge is 2.27. The van der Waals surface area contributed by atoms with Gasteiger partial charge in [-0.15, -0.1) is 11.8 Å². The number of carbonyl (C=O) groups is 1. The van der Waals surface area contributed by atoms with Crippen LogP contribution in [0.25, 0.3) is 0 Å². The van der Waals surface area contributed by atoms with Crippen LogP contribution in [0.5, 0.6) is 6.01 Å². The van der Waals surface area contributed by atoms with Gasteiger partial charge in [-0.2, -0.15) is 0 Å². The van der Waals surface area contributed by atoms with Crippen molar-refractivity contribution < 1.29 is 9.53 Å². The summed E-state index contributed by atoms with van der Waals surface area (Å²) in [6.45, 7) is 1.31. The van der Waals surface area contributed by atoms with Crippen LogP contribution in [0.2, 0.25) is 0 Å². The standard InChI is InChI=1S/C17H18BrN3O2S/c1-24-15-7-3-2-6-14(15)16(22)21-8-4-5-13(11-21)23-17-19-9-12(18)10-20-17/h2-3,6-7,9-10,13H,4-5,8,11H2,1H3. The molecule has 0 aliphatic carbocycles. The van der Waals surface area contributed by atoms with Crippen molar-refractivity contribution in [3.05, 3.63) is 46.7 Å². The highest BCUT2D eigenvalue weighted by atomic mass is 79.9. The maximum atomic E-state index is 12.8. The minimum Gasteiger partial charge on any atom is -0.458 e. The molecule has 1 amide bonds. The Morgan fingerprint density at radius 2 is 2.08 bits per heavy atom. The predicted octanol–water partition coefficient (Wildman–Crippen LogP) is 3.64. The third-order valence-corrected chi connectivity index (χ3v) is 5.08. The molecule has 1 aromatic heterocycles. The molecule has 7 heteroatoms. The van der Waals surface area contributed by atoms with Crippen LogP contribution in [0.3, 0.4) is 0 Å². The molecule has 1 saturated heterocycles. The van der Waals surface area contributed by atoms with Crippen LogP contribution in [0.4, 0.5) is 0 Å². The van der Waals surface area contributed by atoms with Crippen molar-refractivity contribution in [2.45, 2.75) is 23.8 Å². The number of carbonyl (C=O) groups excluding carboxylic acids is 1. The van der Waals surface area contributed by atoms with Crippen molar-refractivity contribution in [3.8, 4) is 6.01 Å². The van der Waals surface area contributed by atoms with Gasteiger partial charge in [-0.05, 0) is 47.2 Å². The van der Waals surface area contributed by atoms with Gasteiger partial charge in [0, 0.05) is 23.8 Å². The van der Waals surface area contributed by atoms with E-state index in [1.165, 1.54) is 0 Å². The summed E-state index contributed by atoms with van der Waals surface area (Å²) in [7, 11) is 0. The maximum absolute atomic E-state index is 12.8. The lowest BCUT2D eigenvalue weighted by Gasteiger charge is -2.32. The number of amides is 1. The minimum absolute atomic E-state index is 0.0602. The Morgan fingerprint density at radius 1 is 1.33 bits per heavy atom. The van der Waals surface area contributed by atoms with Gasteiger partial charge >= 0.3 is 6.01 Å². The van der Waals surface area contributed by atoms with Gasteiger partial charge < -0.3 is 9.64 Å². The van der Waals surface area contributed by atoms with E-state index in [2.05, 4.69) is 25.9 Å². The largest absolute Gasteiger partial charge is 0.458 e. The quantitative estimate of drug-likeness (QED) is 0.723. The Morgan fingerprint density at radius 3 is 2.83 bits per heavy atom. The summed E-state index contributed by atoms with van der Waals surface area (Å²) in [6.07, 6.45) is 7.03. The van der Waals surface area contributed by atoms with Gasteiger partial charge in [-0.1, -0.05) is 12.1 Å². The lowest BCUT2D eigenvalue weighted by Crippen LogP contribution is -2.44. The second-order valence-electron chi connectivity index (χ2n) is 5.52. The molecule has 0 bridgehead atoms. The van der Waals surface area contributed by atoms with E-state index in [0.29, 0.717) is 12.6 Å². The molecule has 1 aliphatic heterocycles. The number of aromatic nitrogens is 2. The van der Waals surface area contributed by atoms with Gasteiger partial charge in [0.15, 0.2) is 0 Å². The van der Waals surface area contributed by atoms with Gasteiger partial charge in [0.05, 0.1) is 16.6 Å². The molecule has 1 fully saturated rings. The van der Waals surface area contributed by atoms with Crippen LogP contribution in [0.1, 0.15) is 23.2 Å². The van der Waals surface area contributed by atoms with Gasteiger partial charge in [-0.3, -0.25) is 4.79 Å². The highest BCUT2D eigenvalue weighted by molar-refractivity contribution is 9.10. The number of hydrogen-bond donors (Lipinski definition) is 0. The third-order valence-electron chi connectivity index (χ3n) is 3.87. The third kappa shape index (κ3) is 4.08. The Kier molecular flexibility index (Phi) is 5.73. The molecule has 3 rings (SSSR count). The Hall–Kier alpha value is -1.60. The molecule has 1 atom stereocenters. The number of halogens is 1. The van der Waals surface area contributed by atoms with Gasteiger partial charge in [0.25, 0.3) is 5.91 Å². The number of piperidine rings is 1. The normalized spacial score (nSPS) is 17.6. The second kappa shape index (κ2) is 7.98. The first-order chi connectivity index (χ1) is 11.7. The highest BCUT2D eigenvalue weighted by Crippen LogP contribution is 2.24. The van der Waals surface area contributed by atoms with Gasteiger partial charge in [-0.25, -0.2) is 9.97 Å². The Labute approximate surface area is 154 Å². The zero-order chi connectivity index (χ0) is 16.9. The lowest BCUT2D eigenvalue weighted by atomic mass is 10.1. The van der Waals surface area contributed by atoms with E-state index in [-0.39, 0.29) is 12.0 Å². The van der Waals surface area contributed by atoms with Crippen molar-refractivity contribution in [2.75, 3.05) is 19.3 Å². The smallest absolute Gasteiger partial charge is 0.316 e. The molecule has 1 unspecified atom stereocenters.